The number of rotatable bonds is 3. The van der Waals surface area contributed by atoms with Crippen LogP contribution in [0.2, 0.25) is 0 Å². The van der Waals surface area contributed by atoms with Crippen molar-refractivity contribution in [2.75, 3.05) is 6.61 Å². The molecule has 0 amide bonds. The summed E-state index contributed by atoms with van der Waals surface area (Å²) in [6.07, 6.45) is 6.53. The minimum atomic E-state index is -1.23. The molecule has 0 heterocycles. The van der Waals surface area contributed by atoms with Crippen LogP contribution < -0.4 is 0 Å². The van der Waals surface area contributed by atoms with Crippen LogP contribution in [0.1, 0.15) is 107 Å². The standard InChI is InChI=1S/C35H56O6/c1-10-20(2)29(40)41-19-35-22(17-30(3,4)27(38)28(35)39)21-11-12-24-32(7)15-14-25(36)31(5,6)23(32)13-16-33(24,8)34(21,9)18-26(35)37/h10-11,22-28,36-39H,12-19H2,1-9H3/b20-10+/t22-,23-,24+,25-,26+,27-,28-,32-,33+,34+,35-/m0/s1. The van der Waals surface area contributed by atoms with E-state index in [0.717, 1.165) is 32.1 Å². The first-order chi connectivity index (χ1) is 18.8. The van der Waals surface area contributed by atoms with E-state index in [-0.39, 0.29) is 40.3 Å². The van der Waals surface area contributed by atoms with Crippen molar-refractivity contribution < 1.29 is 30.0 Å². The van der Waals surface area contributed by atoms with Crippen LogP contribution in [0.3, 0.4) is 0 Å². The van der Waals surface area contributed by atoms with Crippen LogP contribution in [0.4, 0.5) is 0 Å². The van der Waals surface area contributed by atoms with Gasteiger partial charge in [-0.05, 0) is 104 Å². The highest BCUT2D eigenvalue weighted by Crippen LogP contribution is 2.75. The molecule has 41 heavy (non-hydrogen) atoms. The smallest absolute Gasteiger partial charge is 0.333 e. The third-order valence-electron chi connectivity index (χ3n) is 14.3. The second-order valence-electron chi connectivity index (χ2n) is 16.7. The van der Waals surface area contributed by atoms with Crippen molar-refractivity contribution in [3.8, 4) is 0 Å². The van der Waals surface area contributed by atoms with Gasteiger partial charge in [0.2, 0.25) is 0 Å². The van der Waals surface area contributed by atoms with Crippen molar-refractivity contribution in [1.82, 2.24) is 0 Å². The molecule has 232 valence electrons. The van der Waals surface area contributed by atoms with Gasteiger partial charge in [0, 0.05) is 5.57 Å². The van der Waals surface area contributed by atoms with Gasteiger partial charge in [-0.2, -0.15) is 0 Å². The van der Waals surface area contributed by atoms with E-state index in [2.05, 4.69) is 40.7 Å². The number of aliphatic hydroxyl groups excluding tert-OH is 4. The van der Waals surface area contributed by atoms with Crippen LogP contribution in [-0.2, 0) is 9.53 Å². The molecule has 6 heteroatoms. The zero-order valence-electron chi connectivity index (χ0n) is 27.0. The van der Waals surface area contributed by atoms with Crippen LogP contribution >= 0.6 is 0 Å². The summed E-state index contributed by atoms with van der Waals surface area (Å²) in [6.45, 7) is 19.1. The van der Waals surface area contributed by atoms with Crippen LogP contribution in [0.5, 0.6) is 0 Å². The van der Waals surface area contributed by atoms with Crippen LogP contribution in [0.15, 0.2) is 23.3 Å². The molecule has 0 aromatic rings. The fourth-order valence-electron chi connectivity index (χ4n) is 11.3. The third-order valence-corrected chi connectivity index (χ3v) is 14.3. The second-order valence-corrected chi connectivity index (χ2v) is 16.7. The molecular weight excluding hydrogens is 516 g/mol. The van der Waals surface area contributed by atoms with Gasteiger partial charge < -0.3 is 25.2 Å². The lowest BCUT2D eigenvalue weighted by atomic mass is 9.33. The summed E-state index contributed by atoms with van der Waals surface area (Å²) in [5.74, 6) is 0.168. The van der Waals surface area contributed by atoms with Crippen LogP contribution in [0, 0.1) is 50.2 Å². The Morgan fingerprint density at radius 2 is 1.59 bits per heavy atom. The summed E-state index contributed by atoms with van der Waals surface area (Å²) in [7, 11) is 0. The lowest BCUT2D eigenvalue weighted by molar-refractivity contribution is -0.258. The highest BCUT2D eigenvalue weighted by atomic mass is 16.5. The molecule has 5 aliphatic rings. The van der Waals surface area contributed by atoms with E-state index in [1.165, 1.54) is 5.57 Å². The predicted molar refractivity (Wildman–Crippen MR) is 160 cm³/mol. The Morgan fingerprint density at radius 3 is 2.22 bits per heavy atom. The van der Waals surface area contributed by atoms with E-state index in [9.17, 15) is 25.2 Å². The van der Waals surface area contributed by atoms with E-state index in [4.69, 9.17) is 4.74 Å². The highest BCUT2D eigenvalue weighted by Gasteiger charge is 2.72. The van der Waals surface area contributed by atoms with Crippen molar-refractivity contribution in [2.45, 2.75) is 132 Å². The lowest BCUT2D eigenvalue weighted by Gasteiger charge is -2.72. The van der Waals surface area contributed by atoms with Crippen molar-refractivity contribution in [1.29, 1.82) is 0 Å². The lowest BCUT2D eigenvalue weighted by Crippen LogP contribution is -2.71. The predicted octanol–water partition coefficient (Wildman–Crippen LogP) is 5.57. The Bertz CT molecular complexity index is 1140. The van der Waals surface area contributed by atoms with Gasteiger partial charge in [0.1, 0.15) is 6.61 Å². The summed E-state index contributed by atoms with van der Waals surface area (Å²) >= 11 is 0. The highest BCUT2D eigenvalue weighted by molar-refractivity contribution is 5.87. The Labute approximate surface area is 247 Å². The molecule has 5 rings (SSSR count). The van der Waals surface area contributed by atoms with Crippen molar-refractivity contribution in [2.24, 2.45) is 50.2 Å². The van der Waals surface area contributed by atoms with E-state index < -0.39 is 35.1 Å². The molecule has 4 fully saturated rings. The number of ether oxygens (including phenoxy) is 1. The first kappa shape index (κ1) is 31.2. The van der Waals surface area contributed by atoms with Gasteiger partial charge in [0.25, 0.3) is 0 Å². The van der Waals surface area contributed by atoms with Gasteiger partial charge in [-0.1, -0.05) is 66.2 Å². The molecule has 0 bridgehead atoms. The summed E-state index contributed by atoms with van der Waals surface area (Å²) in [5, 5.41) is 46.3. The number of esters is 1. The molecule has 11 atom stereocenters. The third kappa shape index (κ3) is 3.98. The number of allylic oxidation sites excluding steroid dienone is 3. The molecule has 0 aromatic heterocycles. The van der Waals surface area contributed by atoms with E-state index >= 15 is 0 Å². The number of hydrogen-bond donors (Lipinski definition) is 4. The zero-order chi connectivity index (χ0) is 30.6. The number of carbonyl (C=O) groups is 1. The summed E-state index contributed by atoms with van der Waals surface area (Å²) in [5.41, 5.74) is -0.416. The first-order valence-corrected chi connectivity index (χ1v) is 16.1. The Hall–Kier alpha value is -1.21. The maximum absolute atomic E-state index is 12.8. The van der Waals surface area contributed by atoms with Crippen molar-refractivity contribution in [3.63, 3.8) is 0 Å². The molecule has 0 radical (unpaired) electrons. The molecular formula is C35H56O6. The van der Waals surface area contributed by atoms with E-state index in [1.54, 1.807) is 19.9 Å². The molecule has 4 N–H and O–H groups in total. The van der Waals surface area contributed by atoms with Gasteiger partial charge in [-0.25, -0.2) is 4.79 Å². The fourth-order valence-corrected chi connectivity index (χ4v) is 11.3. The fraction of sp³-hybridized carbons (Fsp3) is 0.857. The second kappa shape index (κ2) is 9.64. The Balaban J connectivity index is 1.61. The molecule has 0 unspecified atom stereocenters. The molecule has 4 saturated carbocycles. The van der Waals surface area contributed by atoms with Crippen molar-refractivity contribution in [3.05, 3.63) is 23.3 Å². The van der Waals surface area contributed by atoms with Gasteiger partial charge in [0.15, 0.2) is 0 Å². The largest absolute Gasteiger partial charge is 0.462 e. The summed E-state index contributed by atoms with van der Waals surface area (Å²) < 4.78 is 5.83. The van der Waals surface area contributed by atoms with Gasteiger partial charge >= 0.3 is 5.97 Å². The van der Waals surface area contributed by atoms with Crippen LogP contribution in [-0.4, -0.2) is 57.4 Å². The van der Waals surface area contributed by atoms with E-state index in [1.807, 2.05) is 13.8 Å². The number of carbonyl (C=O) groups excluding carboxylic acids is 1. The van der Waals surface area contributed by atoms with Crippen LogP contribution in [0.25, 0.3) is 0 Å². The van der Waals surface area contributed by atoms with Gasteiger partial charge in [-0.15, -0.1) is 0 Å². The average molecular weight is 573 g/mol. The van der Waals surface area contributed by atoms with Gasteiger partial charge in [0.05, 0.1) is 29.8 Å². The van der Waals surface area contributed by atoms with Gasteiger partial charge in [-0.3, -0.25) is 0 Å². The molecule has 6 nitrogen and oxygen atoms in total. The topological polar surface area (TPSA) is 107 Å². The molecule has 0 aromatic carbocycles. The monoisotopic (exact) mass is 572 g/mol. The maximum atomic E-state index is 12.8. The molecule has 0 saturated heterocycles. The first-order valence-electron chi connectivity index (χ1n) is 16.1. The number of hydrogen-bond acceptors (Lipinski definition) is 6. The minimum absolute atomic E-state index is 0.0722. The maximum Gasteiger partial charge on any atom is 0.333 e. The number of aliphatic hydroxyl groups is 4. The summed E-state index contributed by atoms with van der Waals surface area (Å²) in [4.78, 5) is 12.8. The quantitative estimate of drug-likeness (QED) is 0.200. The summed E-state index contributed by atoms with van der Waals surface area (Å²) in [6, 6.07) is 0. The SMILES string of the molecule is C/C=C(\C)C(=O)OC[C@@]12[C@H](O)C[C@]3(C)C(=CC[C@@H]4[C@@]5(C)CC[C@H](O)C(C)(C)[C@@H]5CC[C@]43C)[C@@H]1CC(C)(C)[C@@H](O)[C@@H]2O. The normalized spacial score (nSPS) is 50.4. The Kier molecular flexibility index (Phi) is 7.34. The molecule has 0 spiro atoms. The van der Waals surface area contributed by atoms with E-state index in [0.29, 0.717) is 30.3 Å². The Morgan fingerprint density at radius 1 is 0.927 bits per heavy atom. The zero-order valence-corrected chi connectivity index (χ0v) is 27.0. The number of fused-ring (bicyclic) bond motifs is 7. The van der Waals surface area contributed by atoms with Crippen molar-refractivity contribution >= 4 is 5.97 Å². The molecule has 5 aliphatic carbocycles. The average Bonchev–Trinajstić information content (AvgIpc) is 2.89. The minimum Gasteiger partial charge on any atom is -0.462 e. The molecule has 0 aliphatic heterocycles.